The van der Waals surface area contributed by atoms with Crippen LogP contribution in [0.2, 0.25) is 0 Å². The fraction of sp³-hybridized carbons (Fsp3) is 0.583. The van der Waals surface area contributed by atoms with Crippen molar-refractivity contribution < 1.29 is 0 Å². The fourth-order valence-corrected chi connectivity index (χ4v) is 1.75. The van der Waals surface area contributed by atoms with E-state index in [2.05, 4.69) is 11.9 Å². The van der Waals surface area contributed by atoms with E-state index < -0.39 is 0 Å². The van der Waals surface area contributed by atoms with Gasteiger partial charge in [-0.25, -0.2) is 0 Å². The van der Waals surface area contributed by atoms with Crippen molar-refractivity contribution in [3.8, 4) is 0 Å². The van der Waals surface area contributed by atoms with E-state index in [1.807, 2.05) is 18.2 Å². The molecular weight excluding hydrogens is 186 g/mol. The molecule has 0 amide bonds. The molecule has 0 aliphatic rings. The molecule has 0 aliphatic heterocycles. The third kappa shape index (κ3) is 3.61. The summed E-state index contributed by atoms with van der Waals surface area (Å²) in [5, 5.41) is 0. The summed E-state index contributed by atoms with van der Waals surface area (Å²) in [6.07, 6.45) is 5.15. The number of nitrogens with zero attached hydrogens (tertiary/aromatic N) is 1. The highest BCUT2D eigenvalue weighted by Crippen LogP contribution is 2.18. The van der Waals surface area contributed by atoms with E-state index in [1.165, 1.54) is 6.42 Å². The van der Waals surface area contributed by atoms with Gasteiger partial charge >= 0.3 is 0 Å². The van der Waals surface area contributed by atoms with Crippen molar-refractivity contribution in [2.24, 2.45) is 11.5 Å². The lowest BCUT2D eigenvalue weighted by Gasteiger charge is -2.21. The summed E-state index contributed by atoms with van der Waals surface area (Å²) in [6.45, 7) is 2.74. The molecule has 1 rings (SSSR count). The monoisotopic (exact) mass is 207 g/mol. The number of hydrogen-bond donors (Lipinski definition) is 2. The van der Waals surface area contributed by atoms with Crippen LogP contribution in [0.4, 0.5) is 0 Å². The van der Waals surface area contributed by atoms with Crippen molar-refractivity contribution in [1.29, 1.82) is 0 Å². The Hall–Kier alpha value is -0.930. The van der Waals surface area contributed by atoms with Gasteiger partial charge in [-0.05, 0) is 18.6 Å². The Kier molecular flexibility index (Phi) is 5.29. The first-order valence-electron chi connectivity index (χ1n) is 5.66. The second-order valence-corrected chi connectivity index (χ2v) is 3.90. The Bertz CT molecular complexity index is 261. The van der Waals surface area contributed by atoms with Crippen molar-refractivity contribution in [2.75, 3.05) is 6.54 Å². The number of hydrogen-bond acceptors (Lipinski definition) is 3. The quantitative estimate of drug-likeness (QED) is 0.745. The van der Waals surface area contributed by atoms with Crippen LogP contribution in [0, 0.1) is 0 Å². The van der Waals surface area contributed by atoms with Crippen molar-refractivity contribution in [3.05, 3.63) is 30.1 Å². The minimum Gasteiger partial charge on any atom is -0.330 e. The minimum absolute atomic E-state index is 0.129. The number of rotatable bonds is 6. The smallest absolute Gasteiger partial charge is 0.0462 e. The van der Waals surface area contributed by atoms with E-state index in [9.17, 15) is 0 Å². The van der Waals surface area contributed by atoms with E-state index in [1.54, 1.807) is 6.20 Å². The molecule has 1 aromatic heterocycles. The van der Waals surface area contributed by atoms with Gasteiger partial charge in [-0.1, -0.05) is 25.8 Å². The maximum atomic E-state index is 6.13. The first kappa shape index (κ1) is 12.1. The van der Waals surface area contributed by atoms with Crippen LogP contribution in [0.5, 0.6) is 0 Å². The highest BCUT2D eigenvalue weighted by atomic mass is 14.8. The van der Waals surface area contributed by atoms with Crippen molar-refractivity contribution in [1.82, 2.24) is 4.98 Å². The molecular formula is C12H21N3. The molecule has 0 aromatic carbocycles. The Balaban J connectivity index is 2.63. The average molecular weight is 207 g/mol. The third-order valence-corrected chi connectivity index (χ3v) is 2.73. The average Bonchev–Trinajstić information content (AvgIpc) is 2.29. The molecule has 1 aromatic rings. The standard InChI is InChI=1S/C12H21N3/c1-2-3-6-11(14)10(9-13)12-7-4-5-8-15-12/h4-5,7-8,10-11H,2-3,6,9,13-14H2,1H3. The first-order valence-corrected chi connectivity index (χ1v) is 5.66. The van der Waals surface area contributed by atoms with E-state index in [0.717, 1.165) is 18.5 Å². The number of nitrogens with two attached hydrogens (primary N) is 2. The molecule has 0 spiro atoms. The second kappa shape index (κ2) is 6.53. The van der Waals surface area contributed by atoms with Gasteiger partial charge in [0.1, 0.15) is 0 Å². The van der Waals surface area contributed by atoms with Gasteiger partial charge in [0.05, 0.1) is 0 Å². The molecule has 0 fully saturated rings. The largest absolute Gasteiger partial charge is 0.330 e. The molecule has 84 valence electrons. The molecule has 4 N–H and O–H groups in total. The van der Waals surface area contributed by atoms with Crippen molar-refractivity contribution >= 4 is 0 Å². The minimum atomic E-state index is 0.129. The van der Waals surface area contributed by atoms with E-state index in [-0.39, 0.29) is 12.0 Å². The van der Waals surface area contributed by atoms with Crippen LogP contribution in [0.15, 0.2) is 24.4 Å². The lowest BCUT2D eigenvalue weighted by molar-refractivity contribution is 0.480. The van der Waals surface area contributed by atoms with Gasteiger partial charge in [-0.3, -0.25) is 4.98 Å². The van der Waals surface area contributed by atoms with Gasteiger partial charge in [0, 0.05) is 30.4 Å². The molecule has 3 nitrogen and oxygen atoms in total. The Morgan fingerprint density at radius 1 is 1.40 bits per heavy atom. The van der Waals surface area contributed by atoms with Crippen LogP contribution in [0.25, 0.3) is 0 Å². The van der Waals surface area contributed by atoms with Crippen molar-refractivity contribution in [3.63, 3.8) is 0 Å². The lowest BCUT2D eigenvalue weighted by Crippen LogP contribution is -2.33. The molecule has 2 unspecified atom stereocenters. The van der Waals surface area contributed by atoms with Crippen LogP contribution in [0.3, 0.4) is 0 Å². The van der Waals surface area contributed by atoms with Crippen molar-refractivity contribution in [2.45, 2.75) is 38.1 Å². The summed E-state index contributed by atoms with van der Waals surface area (Å²) >= 11 is 0. The van der Waals surface area contributed by atoms with Crippen LogP contribution < -0.4 is 11.5 Å². The van der Waals surface area contributed by atoms with E-state index >= 15 is 0 Å². The molecule has 0 saturated heterocycles. The van der Waals surface area contributed by atoms with Gasteiger partial charge in [0.25, 0.3) is 0 Å². The Morgan fingerprint density at radius 3 is 2.73 bits per heavy atom. The first-order chi connectivity index (χ1) is 7.29. The normalized spacial score (nSPS) is 14.9. The highest BCUT2D eigenvalue weighted by molar-refractivity contribution is 5.12. The van der Waals surface area contributed by atoms with E-state index in [0.29, 0.717) is 6.54 Å². The number of pyridine rings is 1. The number of unbranched alkanes of at least 4 members (excludes halogenated alkanes) is 1. The van der Waals surface area contributed by atoms with Crippen LogP contribution >= 0.6 is 0 Å². The topological polar surface area (TPSA) is 64.9 Å². The fourth-order valence-electron chi connectivity index (χ4n) is 1.75. The summed E-state index contributed by atoms with van der Waals surface area (Å²) in [5.41, 5.74) is 12.9. The summed E-state index contributed by atoms with van der Waals surface area (Å²) in [7, 11) is 0. The zero-order valence-electron chi connectivity index (χ0n) is 9.39. The summed E-state index contributed by atoms with van der Waals surface area (Å²) < 4.78 is 0. The van der Waals surface area contributed by atoms with E-state index in [4.69, 9.17) is 11.5 Å². The molecule has 2 atom stereocenters. The third-order valence-electron chi connectivity index (χ3n) is 2.73. The molecule has 0 aliphatic carbocycles. The maximum Gasteiger partial charge on any atom is 0.0462 e. The maximum absolute atomic E-state index is 6.13. The zero-order valence-corrected chi connectivity index (χ0v) is 9.39. The highest BCUT2D eigenvalue weighted by Gasteiger charge is 2.18. The van der Waals surface area contributed by atoms with Gasteiger partial charge in [-0.2, -0.15) is 0 Å². The van der Waals surface area contributed by atoms with Crippen LogP contribution in [0.1, 0.15) is 37.8 Å². The molecule has 1 heterocycles. The lowest BCUT2D eigenvalue weighted by atomic mass is 9.92. The molecule has 3 heteroatoms. The molecule has 0 bridgehead atoms. The molecule has 15 heavy (non-hydrogen) atoms. The van der Waals surface area contributed by atoms with Crippen LogP contribution in [-0.2, 0) is 0 Å². The number of aromatic nitrogens is 1. The summed E-state index contributed by atoms with van der Waals surface area (Å²) in [4.78, 5) is 4.32. The van der Waals surface area contributed by atoms with Crippen LogP contribution in [-0.4, -0.2) is 17.6 Å². The van der Waals surface area contributed by atoms with Gasteiger partial charge in [0.2, 0.25) is 0 Å². The SMILES string of the molecule is CCCCC(N)C(CN)c1ccccn1. The van der Waals surface area contributed by atoms with Gasteiger partial charge < -0.3 is 11.5 Å². The summed E-state index contributed by atoms with van der Waals surface area (Å²) in [5.74, 6) is 0.192. The predicted molar refractivity (Wildman–Crippen MR) is 63.5 cm³/mol. The second-order valence-electron chi connectivity index (χ2n) is 3.90. The molecule has 0 saturated carbocycles. The van der Waals surface area contributed by atoms with Gasteiger partial charge in [0.15, 0.2) is 0 Å². The Morgan fingerprint density at radius 2 is 2.20 bits per heavy atom. The van der Waals surface area contributed by atoms with Gasteiger partial charge in [-0.15, -0.1) is 0 Å². The Labute approximate surface area is 91.9 Å². The predicted octanol–water partition coefficient (Wildman–Crippen LogP) is 1.64. The zero-order chi connectivity index (χ0) is 11.1. The molecule has 0 radical (unpaired) electrons. The summed E-state index contributed by atoms with van der Waals surface area (Å²) in [6, 6.07) is 6.03.